The molecule has 1 unspecified atom stereocenters. The van der Waals surface area contributed by atoms with Gasteiger partial charge in [0.15, 0.2) is 0 Å². The molecule has 1 fully saturated rings. The van der Waals surface area contributed by atoms with Crippen LogP contribution in [0.1, 0.15) is 19.8 Å². The second-order valence-corrected chi connectivity index (χ2v) is 5.24. The van der Waals surface area contributed by atoms with E-state index in [4.69, 9.17) is 0 Å². The van der Waals surface area contributed by atoms with Gasteiger partial charge in [0.25, 0.3) is 0 Å². The Morgan fingerprint density at radius 1 is 1.22 bits per heavy atom. The van der Waals surface area contributed by atoms with E-state index in [1.54, 1.807) is 18.0 Å². The fourth-order valence-electron chi connectivity index (χ4n) is 2.50. The van der Waals surface area contributed by atoms with E-state index in [1.807, 2.05) is 0 Å². The molecule has 2 aliphatic heterocycles. The van der Waals surface area contributed by atoms with Gasteiger partial charge in [0.1, 0.15) is 6.17 Å². The third kappa shape index (κ3) is 2.88. The Morgan fingerprint density at radius 2 is 1.83 bits per heavy atom. The van der Waals surface area contributed by atoms with Crippen molar-refractivity contribution in [3.8, 4) is 0 Å². The highest BCUT2D eigenvalue weighted by molar-refractivity contribution is 5.28. The average molecular weight is 260 g/mol. The summed E-state index contributed by atoms with van der Waals surface area (Å²) in [7, 11) is 1.71. The number of halogens is 3. The normalized spacial score (nSPS) is 27.5. The highest BCUT2D eigenvalue weighted by Crippen LogP contribution is 2.31. The van der Waals surface area contributed by atoms with E-state index in [9.17, 15) is 13.2 Å². The molecule has 5 heteroatoms. The summed E-state index contributed by atoms with van der Waals surface area (Å²) in [6.07, 6.45) is 1.99. The minimum atomic E-state index is -4.26. The van der Waals surface area contributed by atoms with Crippen molar-refractivity contribution < 1.29 is 13.2 Å². The first-order chi connectivity index (χ1) is 8.38. The lowest BCUT2D eigenvalue weighted by Gasteiger charge is -2.41. The van der Waals surface area contributed by atoms with Gasteiger partial charge in [0, 0.05) is 26.3 Å². The molecule has 0 spiro atoms. The third-order valence-corrected chi connectivity index (χ3v) is 3.73. The predicted molar refractivity (Wildman–Crippen MR) is 64.8 cm³/mol. The largest absolute Gasteiger partial charge is 0.417 e. The molecule has 0 aliphatic carbocycles. The summed E-state index contributed by atoms with van der Waals surface area (Å²) in [5.74, 6) is 0.723. The Hall–Kier alpha value is -0.970. The number of hydrogen-bond donors (Lipinski definition) is 0. The molecule has 1 saturated heterocycles. The van der Waals surface area contributed by atoms with Crippen molar-refractivity contribution in [3.63, 3.8) is 0 Å². The first-order valence-corrected chi connectivity index (χ1v) is 6.31. The summed E-state index contributed by atoms with van der Waals surface area (Å²) in [4.78, 5) is 3.89. The molecule has 0 aromatic rings. The Bertz CT molecular complexity index is 352. The smallest absolute Gasteiger partial charge is 0.361 e. The molecule has 0 saturated carbocycles. The number of nitrogens with zero attached hydrogens (tertiary/aromatic N) is 2. The van der Waals surface area contributed by atoms with Gasteiger partial charge in [-0.3, -0.25) is 4.90 Å². The summed E-state index contributed by atoms with van der Waals surface area (Å²) < 4.78 is 37.7. The number of likely N-dealkylation sites (N-methyl/N-ethyl adjacent to an activating group) is 1. The fraction of sp³-hybridized carbons (Fsp3) is 0.692. The van der Waals surface area contributed by atoms with E-state index < -0.39 is 11.7 Å². The minimum Gasteiger partial charge on any atom is -0.361 e. The van der Waals surface area contributed by atoms with E-state index in [0.29, 0.717) is 0 Å². The maximum atomic E-state index is 12.6. The Balaban J connectivity index is 2.02. The zero-order valence-corrected chi connectivity index (χ0v) is 10.7. The number of rotatable bonds is 1. The molecular weight excluding hydrogens is 241 g/mol. The first kappa shape index (κ1) is 13.5. The van der Waals surface area contributed by atoms with Crippen LogP contribution in [0.2, 0.25) is 0 Å². The van der Waals surface area contributed by atoms with E-state index in [2.05, 4.69) is 11.8 Å². The van der Waals surface area contributed by atoms with E-state index >= 15 is 0 Å². The van der Waals surface area contributed by atoms with Gasteiger partial charge in [0.05, 0.1) is 5.57 Å². The highest BCUT2D eigenvalue weighted by Gasteiger charge is 2.35. The van der Waals surface area contributed by atoms with Crippen LogP contribution >= 0.6 is 0 Å². The summed E-state index contributed by atoms with van der Waals surface area (Å²) in [6, 6.07) is 0. The Morgan fingerprint density at radius 3 is 2.33 bits per heavy atom. The first-order valence-electron chi connectivity index (χ1n) is 6.31. The fourth-order valence-corrected chi connectivity index (χ4v) is 2.50. The van der Waals surface area contributed by atoms with Gasteiger partial charge in [-0.2, -0.15) is 13.2 Å². The van der Waals surface area contributed by atoms with E-state index in [0.717, 1.165) is 31.8 Å². The summed E-state index contributed by atoms with van der Waals surface area (Å²) in [5.41, 5.74) is -0.577. The lowest BCUT2D eigenvalue weighted by Crippen LogP contribution is -2.48. The summed E-state index contributed by atoms with van der Waals surface area (Å²) >= 11 is 0. The number of likely N-dealkylation sites (tertiary alicyclic amines) is 1. The van der Waals surface area contributed by atoms with Crippen LogP contribution < -0.4 is 0 Å². The summed E-state index contributed by atoms with van der Waals surface area (Å²) in [5, 5.41) is 0. The van der Waals surface area contributed by atoms with Gasteiger partial charge in [-0.1, -0.05) is 6.92 Å². The van der Waals surface area contributed by atoms with Gasteiger partial charge in [-0.15, -0.1) is 0 Å². The van der Waals surface area contributed by atoms with Crippen molar-refractivity contribution in [2.75, 3.05) is 20.1 Å². The molecule has 2 aliphatic rings. The van der Waals surface area contributed by atoms with Crippen LogP contribution in [0.15, 0.2) is 23.9 Å². The van der Waals surface area contributed by atoms with Gasteiger partial charge in [-0.05, 0) is 30.9 Å². The van der Waals surface area contributed by atoms with Crippen LogP contribution in [0.3, 0.4) is 0 Å². The zero-order valence-electron chi connectivity index (χ0n) is 10.7. The van der Waals surface area contributed by atoms with Crippen molar-refractivity contribution in [2.45, 2.75) is 32.1 Å². The molecule has 2 nitrogen and oxygen atoms in total. The molecule has 1 atom stereocenters. The van der Waals surface area contributed by atoms with Crippen molar-refractivity contribution in [1.82, 2.24) is 9.80 Å². The maximum absolute atomic E-state index is 12.6. The van der Waals surface area contributed by atoms with Crippen molar-refractivity contribution in [3.05, 3.63) is 23.9 Å². The summed E-state index contributed by atoms with van der Waals surface area (Å²) in [6.45, 7) is 4.13. The van der Waals surface area contributed by atoms with Gasteiger partial charge in [-0.25, -0.2) is 0 Å². The molecule has 102 valence electrons. The molecule has 0 amide bonds. The third-order valence-electron chi connectivity index (χ3n) is 3.73. The minimum absolute atomic E-state index is 0.0383. The van der Waals surface area contributed by atoms with Crippen LogP contribution in [0.25, 0.3) is 0 Å². The number of alkyl halides is 3. The second-order valence-electron chi connectivity index (χ2n) is 5.24. The predicted octanol–water partition coefficient (Wildman–Crippen LogP) is 2.99. The van der Waals surface area contributed by atoms with Crippen LogP contribution in [0.5, 0.6) is 0 Å². The Kier molecular flexibility index (Phi) is 3.71. The molecule has 0 bridgehead atoms. The van der Waals surface area contributed by atoms with Crippen LogP contribution in [0.4, 0.5) is 13.2 Å². The topological polar surface area (TPSA) is 6.48 Å². The van der Waals surface area contributed by atoms with Crippen LogP contribution in [0, 0.1) is 5.92 Å². The lowest BCUT2D eigenvalue weighted by molar-refractivity contribution is -0.0903. The second kappa shape index (κ2) is 4.96. The molecule has 0 aromatic carbocycles. The molecule has 0 N–H and O–H groups in total. The Labute approximate surface area is 106 Å². The molecule has 2 heterocycles. The lowest BCUT2D eigenvalue weighted by atomic mass is 9.98. The quantitative estimate of drug-likeness (QED) is 0.715. The van der Waals surface area contributed by atoms with Gasteiger partial charge >= 0.3 is 6.18 Å². The monoisotopic (exact) mass is 260 g/mol. The number of allylic oxidation sites excluding steroid dienone is 2. The number of piperidine rings is 1. The molecule has 0 aromatic heterocycles. The molecular formula is C13H19F3N2. The van der Waals surface area contributed by atoms with E-state index in [-0.39, 0.29) is 6.17 Å². The molecule has 0 radical (unpaired) electrons. The highest BCUT2D eigenvalue weighted by atomic mass is 19.4. The van der Waals surface area contributed by atoms with Crippen LogP contribution in [-0.4, -0.2) is 42.3 Å². The van der Waals surface area contributed by atoms with E-state index in [1.165, 1.54) is 12.3 Å². The van der Waals surface area contributed by atoms with Crippen molar-refractivity contribution in [1.29, 1.82) is 0 Å². The van der Waals surface area contributed by atoms with Gasteiger partial charge < -0.3 is 4.90 Å². The van der Waals surface area contributed by atoms with Crippen molar-refractivity contribution in [2.24, 2.45) is 5.92 Å². The van der Waals surface area contributed by atoms with Gasteiger partial charge in [0.2, 0.25) is 0 Å². The molecule has 18 heavy (non-hydrogen) atoms. The maximum Gasteiger partial charge on any atom is 0.417 e. The SMILES string of the molecule is CC1CCN(C2C=CC(C(F)(F)F)=CN2C)CC1. The molecule has 2 rings (SSSR count). The zero-order chi connectivity index (χ0) is 13.3. The van der Waals surface area contributed by atoms with Crippen LogP contribution in [-0.2, 0) is 0 Å². The number of hydrogen-bond acceptors (Lipinski definition) is 2. The average Bonchev–Trinajstić information content (AvgIpc) is 2.29. The van der Waals surface area contributed by atoms with Crippen molar-refractivity contribution >= 4 is 0 Å². The standard InChI is InChI=1S/C13H19F3N2/c1-10-5-7-18(8-6-10)12-4-3-11(9-17(12)2)13(14,15)16/h3-4,9-10,12H,5-8H2,1-2H3.